The Labute approximate surface area is 212 Å². The summed E-state index contributed by atoms with van der Waals surface area (Å²) in [6.45, 7) is 2.32. The number of carbonyl (C=O) groups excluding carboxylic acids is 1. The van der Waals surface area contributed by atoms with Crippen LogP contribution in [0.4, 0.5) is 11.4 Å². The average Bonchev–Trinajstić information content (AvgIpc) is 2.87. The van der Waals surface area contributed by atoms with Gasteiger partial charge in [-0.25, -0.2) is 8.42 Å². The van der Waals surface area contributed by atoms with E-state index in [-0.39, 0.29) is 11.4 Å². The second-order valence-corrected chi connectivity index (χ2v) is 10.7. The molecule has 0 aliphatic carbocycles. The molecule has 1 N–H and O–H groups in total. The fourth-order valence-electron chi connectivity index (χ4n) is 3.36. The third kappa shape index (κ3) is 6.93. The SMILES string of the molecule is CCOc1ccc(N(CC(=O)NCc2ccc(N(C)C)cc2)S(=O)(=O)c2ccc(SC)cc2)cc1. The maximum atomic E-state index is 13.6. The summed E-state index contributed by atoms with van der Waals surface area (Å²) >= 11 is 1.53. The monoisotopic (exact) mass is 513 g/mol. The first-order valence-electron chi connectivity index (χ1n) is 11.2. The lowest BCUT2D eigenvalue weighted by atomic mass is 10.2. The van der Waals surface area contributed by atoms with Gasteiger partial charge < -0.3 is 15.0 Å². The van der Waals surface area contributed by atoms with Crippen molar-refractivity contribution in [1.82, 2.24) is 5.32 Å². The fourth-order valence-corrected chi connectivity index (χ4v) is 5.19. The summed E-state index contributed by atoms with van der Waals surface area (Å²) in [5, 5.41) is 2.83. The maximum Gasteiger partial charge on any atom is 0.264 e. The van der Waals surface area contributed by atoms with Crippen molar-refractivity contribution in [3.63, 3.8) is 0 Å². The van der Waals surface area contributed by atoms with Crippen LogP contribution in [-0.4, -0.2) is 47.8 Å². The van der Waals surface area contributed by atoms with Crippen LogP contribution >= 0.6 is 11.8 Å². The largest absolute Gasteiger partial charge is 0.494 e. The first kappa shape index (κ1) is 26.4. The Morgan fingerprint density at radius 2 is 1.51 bits per heavy atom. The molecule has 3 rings (SSSR count). The van der Waals surface area contributed by atoms with Crippen LogP contribution in [0, 0.1) is 0 Å². The zero-order chi connectivity index (χ0) is 25.4. The summed E-state index contributed by atoms with van der Waals surface area (Å²) in [6, 6.07) is 21.1. The van der Waals surface area contributed by atoms with Gasteiger partial charge in [0.05, 0.1) is 17.2 Å². The lowest BCUT2D eigenvalue weighted by Gasteiger charge is -2.24. The molecule has 0 heterocycles. The first-order chi connectivity index (χ1) is 16.7. The molecule has 1 amide bonds. The van der Waals surface area contributed by atoms with Crippen LogP contribution in [0.3, 0.4) is 0 Å². The van der Waals surface area contributed by atoms with Gasteiger partial charge in [-0.1, -0.05) is 12.1 Å². The van der Waals surface area contributed by atoms with Crippen molar-refractivity contribution >= 4 is 39.1 Å². The highest BCUT2D eigenvalue weighted by Crippen LogP contribution is 2.27. The molecule has 0 saturated heterocycles. The minimum Gasteiger partial charge on any atom is -0.494 e. The summed E-state index contributed by atoms with van der Waals surface area (Å²) in [5.74, 6) is 0.225. The second-order valence-electron chi connectivity index (χ2n) is 7.95. The molecule has 0 fully saturated rings. The molecule has 186 valence electrons. The summed E-state index contributed by atoms with van der Waals surface area (Å²) in [5.41, 5.74) is 2.36. The molecule has 9 heteroatoms. The minimum absolute atomic E-state index is 0.122. The Bertz CT molecular complexity index is 1210. The van der Waals surface area contributed by atoms with E-state index < -0.39 is 15.9 Å². The molecule has 0 atom stereocenters. The van der Waals surface area contributed by atoms with Crippen LogP contribution in [0.1, 0.15) is 12.5 Å². The van der Waals surface area contributed by atoms with Crippen LogP contribution in [0.15, 0.2) is 82.6 Å². The Balaban J connectivity index is 1.82. The van der Waals surface area contributed by atoms with Gasteiger partial charge in [0.25, 0.3) is 10.0 Å². The summed E-state index contributed by atoms with van der Waals surface area (Å²) in [6.07, 6.45) is 1.92. The predicted molar refractivity (Wildman–Crippen MR) is 143 cm³/mol. The molecule has 0 aliphatic rings. The number of thioether (sulfide) groups is 1. The molecule has 7 nitrogen and oxygen atoms in total. The first-order valence-corrected chi connectivity index (χ1v) is 13.8. The summed E-state index contributed by atoms with van der Waals surface area (Å²) in [4.78, 5) is 15.9. The fraction of sp³-hybridized carbons (Fsp3) is 0.269. The third-order valence-corrected chi connectivity index (χ3v) is 7.84. The van der Waals surface area contributed by atoms with Crippen LogP contribution < -0.4 is 19.3 Å². The van der Waals surface area contributed by atoms with Crippen LogP contribution in [0.25, 0.3) is 0 Å². The number of hydrogen-bond acceptors (Lipinski definition) is 6. The van der Waals surface area contributed by atoms with Gasteiger partial charge in [0.1, 0.15) is 12.3 Å². The van der Waals surface area contributed by atoms with E-state index in [1.165, 1.54) is 11.8 Å². The van der Waals surface area contributed by atoms with E-state index in [0.717, 1.165) is 20.5 Å². The number of rotatable bonds is 11. The van der Waals surface area contributed by atoms with Crippen molar-refractivity contribution in [2.45, 2.75) is 23.3 Å². The van der Waals surface area contributed by atoms with E-state index >= 15 is 0 Å². The molecule has 0 radical (unpaired) electrons. The highest BCUT2D eigenvalue weighted by atomic mass is 32.2. The van der Waals surface area contributed by atoms with Gasteiger partial charge in [-0.2, -0.15) is 0 Å². The van der Waals surface area contributed by atoms with Crippen molar-refractivity contribution in [3.05, 3.63) is 78.4 Å². The topological polar surface area (TPSA) is 79.0 Å². The molecule has 0 bridgehead atoms. The quantitative estimate of drug-likeness (QED) is 0.383. The molecule has 3 aromatic carbocycles. The van der Waals surface area contributed by atoms with Gasteiger partial charge >= 0.3 is 0 Å². The van der Waals surface area contributed by atoms with Gasteiger partial charge in [-0.05, 0) is 79.4 Å². The molecule has 0 spiro atoms. The van der Waals surface area contributed by atoms with E-state index in [4.69, 9.17) is 4.74 Å². The smallest absolute Gasteiger partial charge is 0.264 e. The number of sulfonamides is 1. The van der Waals surface area contributed by atoms with E-state index in [0.29, 0.717) is 24.6 Å². The van der Waals surface area contributed by atoms with Gasteiger partial charge in [0.15, 0.2) is 0 Å². The van der Waals surface area contributed by atoms with Crippen molar-refractivity contribution in [3.8, 4) is 5.75 Å². The lowest BCUT2D eigenvalue weighted by Crippen LogP contribution is -2.40. The van der Waals surface area contributed by atoms with Crippen LogP contribution in [0.5, 0.6) is 5.75 Å². The molecular weight excluding hydrogens is 482 g/mol. The number of ether oxygens (including phenoxy) is 1. The summed E-state index contributed by atoms with van der Waals surface area (Å²) in [7, 11) is -0.0611. The lowest BCUT2D eigenvalue weighted by molar-refractivity contribution is -0.119. The highest BCUT2D eigenvalue weighted by molar-refractivity contribution is 7.98. The molecule has 0 aromatic heterocycles. The van der Waals surface area contributed by atoms with Crippen molar-refractivity contribution in [1.29, 1.82) is 0 Å². The standard InChI is InChI=1S/C26H31N3O4S2/c1-5-33-23-12-10-22(11-13-23)29(35(31,32)25-16-14-24(34-4)15-17-25)19-26(30)27-18-20-6-8-21(9-7-20)28(2)3/h6-17H,5,18-19H2,1-4H3,(H,27,30). The average molecular weight is 514 g/mol. The number of nitrogens with zero attached hydrogens (tertiary/aromatic N) is 2. The molecule has 35 heavy (non-hydrogen) atoms. The number of anilines is 2. The zero-order valence-corrected chi connectivity index (χ0v) is 22.0. The Morgan fingerprint density at radius 1 is 0.914 bits per heavy atom. The van der Waals surface area contributed by atoms with Gasteiger partial charge in [-0.3, -0.25) is 9.10 Å². The number of amides is 1. The normalized spacial score (nSPS) is 11.1. The predicted octanol–water partition coefficient (Wildman–Crippen LogP) is 4.38. The molecule has 0 aliphatic heterocycles. The zero-order valence-electron chi connectivity index (χ0n) is 20.4. The van der Waals surface area contributed by atoms with Gasteiger partial charge in [0.2, 0.25) is 5.91 Å². The molecular formula is C26H31N3O4S2. The highest BCUT2D eigenvalue weighted by Gasteiger charge is 2.27. The van der Waals surface area contributed by atoms with E-state index in [1.807, 2.05) is 56.4 Å². The molecule has 0 saturated carbocycles. The van der Waals surface area contributed by atoms with Gasteiger partial charge in [-0.15, -0.1) is 11.8 Å². The molecule has 3 aromatic rings. The number of benzene rings is 3. The van der Waals surface area contributed by atoms with Crippen LogP contribution in [-0.2, 0) is 21.4 Å². The van der Waals surface area contributed by atoms with Crippen molar-refractivity contribution in [2.75, 3.05) is 42.7 Å². The Morgan fingerprint density at radius 3 is 2.06 bits per heavy atom. The summed E-state index contributed by atoms with van der Waals surface area (Å²) < 4.78 is 33.7. The second kappa shape index (κ2) is 12.0. The Hall–Kier alpha value is -3.17. The minimum atomic E-state index is -3.98. The van der Waals surface area contributed by atoms with E-state index in [1.54, 1.807) is 48.5 Å². The van der Waals surface area contributed by atoms with E-state index in [9.17, 15) is 13.2 Å². The van der Waals surface area contributed by atoms with Crippen molar-refractivity contribution < 1.29 is 17.9 Å². The number of carbonyl (C=O) groups is 1. The van der Waals surface area contributed by atoms with E-state index in [2.05, 4.69) is 5.32 Å². The number of hydrogen-bond donors (Lipinski definition) is 1. The van der Waals surface area contributed by atoms with Gasteiger partial charge in [0, 0.05) is 31.2 Å². The number of nitrogens with one attached hydrogen (secondary N) is 1. The maximum absolute atomic E-state index is 13.6. The Kier molecular flexibility index (Phi) is 9.06. The van der Waals surface area contributed by atoms with Crippen LogP contribution in [0.2, 0.25) is 0 Å². The molecule has 0 unspecified atom stereocenters. The van der Waals surface area contributed by atoms with Crippen molar-refractivity contribution in [2.24, 2.45) is 0 Å². The third-order valence-electron chi connectivity index (χ3n) is 5.31.